The molecule has 1 saturated heterocycles. The van der Waals surface area contributed by atoms with Crippen molar-refractivity contribution < 1.29 is 54.1 Å². The number of methoxy groups -OCH3 is 1. The second-order valence-electron chi connectivity index (χ2n) is 13.8. The molecule has 230 valence electrons. The first kappa shape index (κ1) is 29.6. The molecule has 6 aliphatic rings. The third-order valence-corrected chi connectivity index (χ3v) is 12.2. The van der Waals surface area contributed by atoms with Gasteiger partial charge in [0.1, 0.15) is 31.2 Å². The number of hydrogen-bond donors (Lipinski definition) is 5. The number of hydrogen-bond acceptors (Lipinski definition) is 11. The van der Waals surface area contributed by atoms with Gasteiger partial charge in [-0.05, 0) is 69.3 Å². The van der Waals surface area contributed by atoms with Gasteiger partial charge >= 0.3 is 5.97 Å². The van der Waals surface area contributed by atoms with Crippen molar-refractivity contribution in [3.63, 3.8) is 0 Å². The standard InChI is InChI=1S/C30H44O11/c1-15-23(34)25(38-3)24(35)26(40-15)41-17-4-7-28(14-31)22-19(5-8-29(28,36)11-17)30(37)9-6-18(16-10-21(33)39-13-16)27(30,2)12-20(22)32/h10,14-15,17-20,22-26,32,34-37H,4-9,11-13H2,1-3H3/t15?,17-,18+,19?,20+,22?,23?,24?,25?,26?,27+,28-,29-,30-/m0/s1. The molecule has 41 heavy (non-hydrogen) atoms. The van der Waals surface area contributed by atoms with E-state index in [0.717, 1.165) is 11.9 Å². The molecule has 0 radical (unpaired) electrons. The number of esters is 1. The van der Waals surface area contributed by atoms with Crippen LogP contribution in [0, 0.1) is 28.6 Å². The smallest absolute Gasteiger partial charge is 0.331 e. The first-order chi connectivity index (χ1) is 19.3. The van der Waals surface area contributed by atoms with E-state index in [1.54, 1.807) is 6.92 Å². The van der Waals surface area contributed by atoms with Gasteiger partial charge in [0.05, 0.1) is 34.9 Å². The highest BCUT2D eigenvalue weighted by Gasteiger charge is 2.73. The van der Waals surface area contributed by atoms with Crippen LogP contribution >= 0.6 is 0 Å². The number of fused-ring (bicyclic) bond motifs is 5. The molecule has 0 spiro atoms. The van der Waals surface area contributed by atoms with Crippen molar-refractivity contribution >= 4 is 12.3 Å². The lowest BCUT2D eigenvalue weighted by molar-refractivity contribution is -0.322. The summed E-state index contributed by atoms with van der Waals surface area (Å²) >= 11 is 0. The summed E-state index contributed by atoms with van der Waals surface area (Å²) in [4.78, 5) is 24.9. The predicted octanol–water partition coefficient (Wildman–Crippen LogP) is 0.375. The van der Waals surface area contributed by atoms with Crippen LogP contribution in [0.25, 0.3) is 0 Å². The topological polar surface area (TPSA) is 172 Å². The SMILES string of the molecule is COC1C(O)C(C)OC(O[C@H]2CC[C@]3(C=O)C4C(CC[C@]3(O)C2)[C@@]2(O)CC[C@H](C3=CC(=O)OC3)[C@@]2(C)C[C@H]4O)C1O. The highest BCUT2D eigenvalue weighted by atomic mass is 16.7. The van der Waals surface area contributed by atoms with Gasteiger partial charge in [0.15, 0.2) is 6.29 Å². The van der Waals surface area contributed by atoms with Gasteiger partial charge in [-0.25, -0.2) is 4.79 Å². The van der Waals surface area contributed by atoms with Crippen molar-refractivity contribution in [2.24, 2.45) is 28.6 Å². The van der Waals surface area contributed by atoms with Crippen LogP contribution in [0.2, 0.25) is 0 Å². The van der Waals surface area contributed by atoms with Gasteiger partial charge in [0.25, 0.3) is 0 Å². The molecule has 11 nitrogen and oxygen atoms in total. The fourth-order valence-electron chi connectivity index (χ4n) is 10.1. The summed E-state index contributed by atoms with van der Waals surface area (Å²) in [5, 5.41) is 57.3. The molecule has 0 aromatic rings. The van der Waals surface area contributed by atoms with Crippen LogP contribution in [0.3, 0.4) is 0 Å². The first-order valence-corrected chi connectivity index (χ1v) is 15.0. The van der Waals surface area contributed by atoms with Crippen LogP contribution in [0.15, 0.2) is 11.6 Å². The molecule has 4 aliphatic carbocycles. The van der Waals surface area contributed by atoms with E-state index in [-0.39, 0.29) is 44.2 Å². The van der Waals surface area contributed by atoms with Gasteiger partial charge in [0.2, 0.25) is 0 Å². The monoisotopic (exact) mass is 580 g/mol. The number of aliphatic hydroxyl groups excluding tert-OH is 3. The molecule has 0 aromatic carbocycles. The lowest BCUT2D eigenvalue weighted by atomic mass is 9.41. The van der Waals surface area contributed by atoms with Crippen LogP contribution < -0.4 is 0 Å². The quantitative estimate of drug-likeness (QED) is 0.173. The zero-order valence-corrected chi connectivity index (χ0v) is 24.0. The minimum atomic E-state index is -1.48. The summed E-state index contributed by atoms with van der Waals surface area (Å²) in [5.41, 5.74) is -3.80. The molecule has 0 amide bonds. The summed E-state index contributed by atoms with van der Waals surface area (Å²) < 4.78 is 22.3. The average Bonchev–Trinajstić information content (AvgIpc) is 3.46. The fraction of sp³-hybridized carbons (Fsp3) is 0.867. The second-order valence-corrected chi connectivity index (χ2v) is 13.8. The molecule has 11 heteroatoms. The largest absolute Gasteiger partial charge is 0.458 e. The van der Waals surface area contributed by atoms with Gasteiger partial charge < -0.3 is 49.3 Å². The number of aldehydes is 1. The number of carbonyl (C=O) groups is 2. The Morgan fingerprint density at radius 3 is 2.46 bits per heavy atom. The lowest BCUT2D eigenvalue weighted by Gasteiger charge is -2.66. The van der Waals surface area contributed by atoms with Gasteiger partial charge in [-0.3, -0.25) is 0 Å². The predicted molar refractivity (Wildman–Crippen MR) is 141 cm³/mol. The minimum Gasteiger partial charge on any atom is -0.458 e. The molecule has 2 heterocycles. The van der Waals surface area contributed by atoms with E-state index in [1.165, 1.54) is 13.2 Å². The third kappa shape index (κ3) is 4.07. The van der Waals surface area contributed by atoms with Gasteiger partial charge in [-0.15, -0.1) is 0 Å². The Bertz CT molecular complexity index is 1100. The summed E-state index contributed by atoms with van der Waals surface area (Å²) in [7, 11) is 1.39. The number of rotatable bonds is 5. The van der Waals surface area contributed by atoms with E-state index in [9.17, 15) is 35.1 Å². The first-order valence-electron chi connectivity index (χ1n) is 15.0. The number of cyclic esters (lactones) is 1. The maximum absolute atomic E-state index is 13.1. The number of carbonyl (C=O) groups excluding carboxylic acids is 2. The van der Waals surface area contributed by atoms with Crippen molar-refractivity contribution in [3.8, 4) is 0 Å². The van der Waals surface area contributed by atoms with Gasteiger partial charge in [-0.1, -0.05) is 6.92 Å². The van der Waals surface area contributed by atoms with Crippen LogP contribution in [-0.4, -0.2) is 106 Å². The van der Waals surface area contributed by atoms with Crippen molar-refractivity contribution in [1.29, 1.82) is 0 Å². The molecule has 2 aliphatic heterocycles. The van der Waals surface area contributed by atoms with Crippen molar-refractivity contribution in [2.45, 2.75) is 119 Å². The minimum absolute atomic E-state index is 0.105. The maximum atomic E-state index is 13.1. The molecular formula is C30H44O11. The Morgan fingerprint density at radius 1 is 1.05 bits per heavy atom. The van der Waals surface area contributed by atoms with Crippen molar-refractivity contribution in [1.82, 2.24) is 0 Å². The summed E-state index contributed by atoms with van der Waals surface area (Å²) in [6.45, 7) is 3.84. The zero-order chi connectivity index (χ0) is 29.5. The Labute approximate surface area is 239 Å². The molecule has 7 unspecified atom stereocenters. The van der Waals surface area contributed by atoms with E-state index >= 15 is 0 Å². The Kier molecular flexibility index (Phi) is 7.26. The average molecular weight is 581 g/mol. The summed E-state index contributed by atoms with van der Waals surface area (Å²) in [6, 6.07) is 0. The molecule has 14 atom stereocenters. The lowest BCUT2D eigenvalue weighted by Crippen LogP contribution is -2.72. The van der Waals surface area contributed by atoms with E-state index in [4.69, 9.17) is 18.9 Å². The van der Waals surface area contributed by atoms with E-state index in [0.29, 0.717) is 25.7 Å². The highest BCUT2D eigenvalue weighted by Crippen LogP contribution is 2.70. The maximum Gasteiger partial charge on any atom is 0.331 e. The number of ether oxygens (including phenoxy) is 4. The van der Waals surface area contributed by atoms with Crippen molar-refractivity contribution in [2.75, 3.05) is 13.7 Å². The van der Waals surface area contributed by atoms with Crippen LogP contribution in [-0.2, 0) is 28.5 Å². The Hall–Kier alpha value is -1.44. The van der Waals surface area contributed by atoms with E-state index in [2.05, 4.69) is 0 Å². The van der Waals surface area contributed by atoms with E-state index in [1.807, 2.05) is 6.92 Å². The Balaban J connectivity index is 1.25. The molecular weight excluding hydrogens is 536 g/mol. The molecule has 5 fully saturated rings. The van der Waals surface area contributed by atoms with Gasteiger partial charge in [-0.2, -0.15) is 0 Å². The summed E-state index contributed by atoms with van der Waals surface area (Å²) in [6.07, 6.45) is -1.28. The molecule has 4 saturated carbocycles. The van der Waals surface area contributed by atoms with Crippen LogP contribution in [0.5, 0.6) is 0 Å². The van der Waals surface area contributed by atoms with Crippen molar-refractivity contribution in [3.05, 3.63) is 11.6 Å². The second kappa shape index (κ2) is 10.1. The molecule has 6 rings (SSSR count). The highest BCUT2D eigenvalue weighted by molar-refractivity contribution is 5.85. The normalized spacial score (nSPS) is 54.9. The Morgan fingerprint density at radius 2 is 1.80 bits per heavy atom. The fourth-order valence-corrected chi connectivity index (χ4v) is 10.1. The van der Waals surface area contributed by atoms with Crippen LogP contribution in [0.1, 0.15) is 65.2 Å². The number of aliphatic hydroxyl groups is 5. The summed E-state index contributed by atoms with van der Waals surface area (Å²) in [5.74, 6) is -1.55. The van der Waals surface area contributed by atoms with Crippen LogP contribution in [0.4, 0.5) is 0 Å². The third-order valence-electron chi connectivity index (χ3n) is 12.2. The van der Waals surface area contributed by atoms with Gasteiger partial charge in [0, 0.05) is 30.9 Å². The molecule has 0 bridgehead atoms. The molecule has 5 N–H and O–H groups in total. The van der Waals surface area contributed by atoms with E-state index < -0.39 is 76.8 Å². The molecule has 0 aromatic heterocycles. The zero-order valence-electron chi connectivity index (χ0n) is 24.0.